The van der Waals surface area contributed by atoms with E-state index < -0.39 is 0 Å². The number of carbonyl (C=O) groups excluding carboxylic acids is 2. The van der Waals surface area contributed by atoms with E-state index in [-0.39, 0.29) is 24.9 Å². The largest absolute Gasteiger partial charge is 0.353 e. The van der Waals surface area contributed by atoms with Gasteiger partial charge in [0.25, 0.3) is 0 Å². The zero-order chi connectivity index (χ0) is 15.4. The van der Waals surface area contributed by atoms with Gasteiger partial charge in [-0.05, 0) is 30.2 Å². The zero-order valence-corrected chi connectivity index (χ0v) is 13.0. The smallest absolute Gasteiger partial charge is 0.246 e. The van der Waals surface area contributed by atoms with Gasteiger partial charge in [-0.1, -0.05) is 31.5 Å². The Morgan fingerprint density at radius 3 is 2.52 bits per heavy atom. The second-order valence-electron chi connectivity index (χ2n) is 5.63. The number of rotatable bonds is 5. The van der Waals surface area contributed by atoms with Crippen molar-refractivity contribution in [2.45, 2.75) is 20.4 Å². The summed E-state index contributed by atoms with van der Waals surface area (Å²) < 4.78 is 0. The Balaban J connectivity index is 2.04. The van der Waals surface area contributed by atoms with Gasteiger partial charge in [-0.25, -0.2) is 0 Å². The average molecular weight is 310 g/mol. The lowest BCUT2D eigenvalue weighted by Crippen LogP contribution is -2.51. The van der Waals surface area contributed by atoms with Gasteiger partial charge in [-0.3, -0.25) is 14.9 Å². The van der Waals surface area contributed by atoms with Crippen molar-refractivity contribution in [3.63, 3.8) is 0 Å². The van der Waals surface area contributed by atoms with Crippen molar-refractivity contribution < 1.29 is 9.59 Å². The van der Waals surface area contributed by atoms with Crippen LogP contribution in [0.2, 0.25) is 5.02 Å². The van der Waals surface area contributed by atoms with Crippen molar-refractivity contribution in [2.24, 2.45) is 5.92 Å². The summed E-state index contributed by atoms with van der Waals surface area (Å²) >= 11 is 6.28. The summed E-state index contributed by atoms with van der Waals surface area (Å²) in [5, 5.41) is 6.26. The molecule has 1 aliphatic rings. The fourth-order valence-electron chi connectivity index (χ4n) is 2.19. The van der Waals surface area contributed by atoms with Crippen molar-refractivity contribution in [1.82, 2.24) is 10.6 Å². The van der Waals surface area contributed by atoms with Crippen LogP contribution in [0.4, 0.5) is 5.69 Å². The lowest BCUT2D eigenvalue weighted by Gasteiger charge is -2.27. The zero-order valence-electron chi connectivity index (χ0n) is 12.3. The summed E-state index contributed by atoms with van der Waals surface area (Å²) in [6.07, 6.45) is 0. The first-order chi connectivity index (χ1) is 9.95. The number of nitrogens with zero attached hydrogens (tertiary/aromatic N) is 1. The van der Waals surface area contributed by atoms with E-state index in [0.29, 0.717) is 17.5 Å². The third-order valence-electron chi connectivity index (χ3n) is 3.22. The summed E-state index contributed by atoms with van der Waals surface area (Å²) in [6.45, 7) is 6.28. The number of halogens is 1. The highest BCUT2D eigenvalue weighted by molar-refractivity contribution is 6.31. The molecule has 2 rings (SSSR count). The van der Waals surface area contributed by atoms with E-state index in [1.807, 2.05) is 12.1 Å². The molecule has 0 saturated carbocycles. The normalized spacial score (nSPS) is 15.5. The van der Waals surface area contributed by atoms with E-state index in [9.17, 15) is 9.59 Å². The minimum absolute atomic E-state index is 0.174. The number of anilines is 1. The van der Waals surface area contributed by atoms with Gasteiger partial charge in [0.05, 0.1) is 13.1 Å². The van der Waals surface area contributed by atoms with Crippen molar-refractivity contribution in [3.8, 4) is 0 Å². The molecule has 0 radical (unpaired) electrons. The summed E-state index contributed by atoms with van der Waals surface area (Å²) in [7, 11) is 0. The Labute approximate surface area is 129 Å². The van der Waals surface area contributed by atoms with Crippen LogP contribution in [0.25, 0.3) is 0 Å². The molecule has 2 N–H and O–H groups in total. The van der Waals surface area contributed by atoms with Crippen LogP contribution in [0.1, 0.15) is 19.4 Å². The van der Waals surface area contributed by atoms with Crippen LogP contribution in [-0.4, -0.2) is 31.4 Å². The second-order valence-corrected chi connectivity index (χ2v) is 6.04. The number of hydrogen-bond donors (Lipinski definition) is 2. The van der Waals surface area contributed by atoms with E-state index in [2.05, 4.69) is 24.5 Å². The maximum Gasteiger partial charge on any atom is 0.246 e. The average Bonchev–Trinajstić information content (AvgIpc) is 2.39. The topological polar surface area (TPSA) is 61.4 Å². The van der Waals surface area contributed by atoms with Crippen LogP contribution >= 0.6 is 11.6 Å². The Morgan fingerprint density at radius 1 is 1.29 bits per heavy atom. The minimum Gasteiger partial charge on any atom is -0.353 e. The first kappa shape index (κ1) is 15.8. The first-order valence-corrected chi connectivity index (χ1v) is 7.40. The number of hydrogen-bond acceptors (Lipinski definition) is 4. The summed E-state index contributed by atoms with van der Waals surface area (Å²) in [6, 6.07) is 5.63. The highest BCUT2D eigenvalue weighted by Crippen LogP contribution is 2.24. The van der Waals surface area contributed by atoms with Crippen molar-refractivity contribution in [3.05, 3.63) is 28.8 Å². The van der Waals surface area contributed by atoms with Gasteiger partial charge in [-0.15, -0.1) is 0 Å². The predicted octanol–water partition coefficient (Wildman–Crippen LogP) is 1.55. The molecule has 0 aromatic heterocycles. The number of benzene rings is 1. The van der Waals surface area contributed by atoms with Crippen LogP contribution in [0, 0.1) is 5.92 Å². The summed E-state index contributed by atoms with van der Waals surface area (Å²) in [4.78, 5) is 24.5. The third kappa shape index (κ3) is 4.44. The number of nitrogens with one attached hydrogen (secondary N) is 2. The number of piperazine rings is 1. The quantitative estimate of drug-likeness (QED) is 0.810. The molecule has 0 bridgehead atoms. The predicted molar refractivity (Wildman–Crippen MR) is 83.4 cm³/mol. The van der Waals surface area contributed by atoms with Crippen LogP contribution in [-0.2, 0) is 16.1 Å². The fraction of sp³-hybridized carbons (Fsp3) is 0.467. The molecule has 0 unspecified atom stereocenters. The monoisotopic (exact) mass is 309 g/mol. The van der Waals surface area contributed by atoms with E-state index in [1.165, 1.54) is 0 Å². The molecular formula is C15H20ClN3O2. The molecule has 2 amide bonds. The van der Waals surface area contributed by atoms with Crippen LogP contribution in [0.15, 0.2) is 18.2 Å². The lowest BCUT2D eigenvalue weighted by molar-refractivity contribution is -0.130. The van der Waals surface area contributed by atoms with E-state index in [0.717, 1.165) is 17.8 Å². The Morgan fingerprint density at radius 2 is 1.95 bits per heavy atom. The molecule has 21 heavy (non-hydrogen) atoms. The highest BCUT2D eigenvalue weighted by Gasteiger charge is 2.22. The van der Waals surface area contributed by atoms with Crippen molar-refractivity contribution >= 4 is 29.1 Å². The van der Waals surface area contributed by atoms with Crippen LogP contribution < -0.4 is 15.5 Å². The molecule has 0 aliphatic carbocycles. The van der Waals surface area contributed by atoms with Crippen molar-refractivity contribution in [2.75, 3.05) is 24.5 Å². The van der Waals surface area contributed by atoms with Gasteiger partial charge in [-0.2, -0.15) is 0 Å². The standard InChI is InChI=1S/C15H20ClN3O2/c1-10(2)6-17-7-11-3-4-12(5-13(11)16)19-8-14(20)18-15(21)9-19/h3-5,10,17H,6-9H2,1-2H3,(H,18,20,21). The molecular weight excluding hydrogens is 290 g/mol. The van der Waals surface area contributed by atoms with Gasteiger partial charge in [0.2, 0.25) is 11.8 Å². The summed E-state index contributed by atoms with van der Waals surface area (Å²) in [5.74, 6) is 0.0102. The molecule has 1 aliphatic heterocycles. The summed E-state index contributed by atoms with van der Waals surface area (Å²) in [5.41, 5.74) is 1.80. The van der Waals surface area contributed by atoms with E-state index in [1.54, 1.807) is 11.0 Å². The Bertz CT molecular complexity index is 530. The highest BCUT2D eigenvalue weighted by atomic mass is 35.5. The molecule has 0 atom stereocenters. The maximum atomic E-state index is 11.4. The maximum absolute atomic E-state index is 11.4. The van der Waals surface area contributed by atoms with Gasteiger partial charge in [0.15, 0.2) is 0 Å². The molecule has 1 aromatic rings. The van der Waals surface area contributed by atoms with Gasteiger partial charge in [0, 0.05) is 17.3 Å². The van der Waals surface area contributed by atoms with Gasteiger partial charge >= 0.3 is 0 Å². The second kappa shape index (κ2) is 6.91. The van der Waals surface area contributed by atoms with E-state index in [4.69, 9.17) is 11.6 Å². The van der Waals surface area contributed by atoms with Crippen molar-refractivity contribution in [1.29, 1.82) is 0 Å². The molecule has 0 spiro atoms. The van der Waals surface area contributed by atoms with Gasteiger partial charge < -0.3 is 10.2 Å². The minimum atomic E-state index is -0.287. The lowest BCUT2D eigenvalue weighted by atomic mass is 10.1. The van der Waals surface area contributed by atoms with Gasteiger partial charge in [0.1, 0.15) is 0 Å². The Kier molecular flexibility index (Phi) is 5.20. The molecule has 1 aromatic carbocycles. The number of carbonyl (C=O) groups is 2. The molecule has 1 saturated heterocycles. The fourth-order valence-corrected chi connectivity index (χ4v) is 2.43. The van der Waals surface area contributed by atoms with Crippen LogP contribution in [0.3, 0.4) is 0 Å². The first-order valence-electron chi connectivity index (χ1n) is 7.02. The number of amides is 2. The third-order valence-corrected chi connectivity index (χ3v) is 3.57. The number of imide groups is 1. The Hall–Kier alpha value is -1.59. The van der Waals surface area contributed by atoms with Crippen LogP contribution in [0.5, 0.6) is 0 Å². The molecule has 114 valence electrons. The molecule has 1 fully saturated rings. The molecule has 5 nitrogen and oxygen atoms in total. The SMILES string of the molecule is CC(C)CNCc1ccc(N2CC(=O)NC(=O)C2)cc1Cl. The molecule has 1 heterocycles. The molecule has 6 heteroatoms. The van der Waals surface area contributed by atoms with E-state index >= 15 is 0 Å².